The predicted molar refractivity (Wildman–Crippen MR) is 132 cm³/mol. The summed E-state index contributed by atoms with van der Waals surface area (Å²) in [5, 5.41) is 3.49. The van der Waals surface area contributed by atoms with E-state index in [4.69, 9.17) is 0 Å². The van der Waals surface area contributed by atoms with E-state index < -0.39 is 0 Å². The molecule has 1 aliphatic rings. The van der Waals surface area contributed by atoms with E-state index in [1.54, 1.807) is 12.1 Å². The van der Waals surface area contributed by atoms with Crippen LogP contribution in [-0.4, -0.2) is 39.1 Å². The van der Waals surface area contributed by atoms with Crippen molar-refractivity contribution < 1.29 is 9.18 Å². The lowest BCUT2D eigenvalue weighted by atomic mass is 10.1. The SMILES string of the molecule is C[C@@H](CCc1ccccc1)NC(=O)CSc1nc2c(c(=O)[nH]1)CN(Cc1ccc(F)cc1)CC2. The average molecular weight is 481 g/mol. The van der Waals surface area contributed by atoms with E-state index in [1.165, 1.54) is 29.5 Å². The normalized spacial score (nSPS) is 14.4. The number of hydrogen-bond donors (Lipinski definition) is 2. The molecular formula is C26H29FN4O2S. The smallest absolute Gasteiger partial charge is 0.256 e. The third kappa shape index (κ3) is 6.77. The monoisotopic (exact) mass is 480 g/mol. The van der Waals surface area contributed by atoms with Gasteiger partial charge in [0.05, 0.1) is 17.0 Å². The molecule has 2 N–H and O–H groups in total. The molecule has 2 heterocycles. The standard InChI is InChI=1S/C26H29FN4O2S/c1-18(7-8-19-5-3-2-4-6-19)28-24(32)17-34-26-29-23-13-14-31(16-22(23)25(33)30-26)15-20-9-11-21(27)12-10-20/h2-6,9-12,18H,7-8,13-17H2,1H3,(H,28,32)(H,29,30,33)/t18-/m0/s1. The maximum absolute atomic E-state index is 13.1. The van der Waals surface area contributed by atoms with E-state index in [9.17, 15) is 14.0 Å². The van der Waals surface area contributed by atoms with Gasteiger partial charge in [-0.2, -0.15) is 0 Å². The number of aromatic nitrogens is 2. The predicted octanol–water partition coefficient (Wildman–Crippen LogP) is 3.70. The number of carbonyl (C=O) groups is 1. The van der Waals surface area contributed by atoms with E-state index in [0.717, 1.165) is 30.6 Å². The lowest BCUT2D eigenvalue weighted by molar-refractivity contribution is -0.119. The van der Waals surface area contributed by atoms with E-state index in [-0.39, 0.29) is 29.1 Å². The van der Waals surface area contributed by atoms with Crippen molar-refractivity contribution in [3.63, 3.8) is 0 Å². The number of halogens is 1. The molecule has 1 atom stereocenters. The Hall–Kier alpha value is -2.97. The number of H-pyrrole nitrogens is 1. The first-order valence-corrected chi connectivity index (χ1v) is 12.5. The molecule has 0 spiro atoms. The van der Waals surface area contributed by atoms with Gasteiger partial charge in [-0.1, -0.05) is 54.2 Å². The third-order valence-corrected chi connectivity index (χ3v) is 6.77. The summed E-state index contributed by atoms with van der Waals surface area (Å²) in [5.41, 5.74) is 3.55. The molecule has 1 aromatic heterocycles. The number of carbonyl (C=O) groups excluding carboxylic acids is 1. The quantitative estimate of drug-likeness (QED) is 0.361. The number of benzene rings is 2. The summed E-state index contributed by atoms with van der Waals surface area (Å²) in [6.07, 6.45) is 2.44. The molecule has 6 nitrogen and oxygen atoms in total. The maximum atomic E-state index is 13.1. The Morgan fingerprint density at radius 2 is 1.94 bits per heavy atom. The number of fused-ring (bicyclic) bond motifs is 1. The molecule has 1 amide bonds. The van der Waals surface area contributed by atoms with Gasteiger partial charge in [-0.25, -0.2) is 9.37 Å². The topological polar surface area (TPSA) is 78.1 Å². The third-order valence-electron chi connectivity index (χ3n) is 5.90. The number of thioether (sulfide) groups is 1. The molecule has 0 radical (unpaired) electrons. The van der Waals surface area contributed by atoms with Crippen LogP contribution in [0.15, 0.2) is 64.5 Å². The van der Waals surface area contributed by atoms with Crippen molar-refractivity contribution in [1.82, 2.24) is 20.2 Å². The summed E-state index contributed by atoms with van der Waals surface area (Å²) in [6, 6.07) is 16.7. The highest BCUT2D eigenvalue weighted by atomic mass is 32.2. The van der Waals surface area contributed by atoms with Crippen LogP contribution >= 0.6 is 11.8 Å². The molecule has 0 aliphatic carbocycles. The Labute approximate surface area is 203 Å². The van der Waals surface area contributed by atoms with Crippen molar-refractivity contribution in [2.75, 3.05) is 12.3 Å². The summed E-state index contributed by atoms with van der Waals surface area (Å²) in [6.45, 7) is 3.92. The highest BCUT2D eigenvalue weighted by Crippen LogP contribution is 2.19. The molecule has 1 aliphatic heterocycles. The van der Waals surface area contributed by atoms with Crippen LogP contribution in [0.2, 0.25) is 0 Å². The second-order valence-corrected chi connectivity index (χ2v) is 9.63. The van der Waals surface area contributed by atoms with Gasteiger partial charge in [-0.3, -0.25) is 14.5 Å². The highest BCUT2D eigenvalue weighted by molar-refractivity contribution is 7.99. The second-order valence-electron chi connectivity index (χ2n) is 8.66. The van der Waals surface area contributed by atoms with Crippen molar-refractivity contribution in [3.8, 4) is 0 Å². The fraction of sp³-hybridized carbons (Fsp3) is 0.346. The number of rotatable bonds is 9. The van der Waals surface area contributed by atoms with Crippen LogP contribution in [0.25, 0.3) is 0 Å². The van der Waals surface area contributed by atoms with Gasteiger partial charge in [0.1, 0.15) is 5.82 Å². The maximum Gasteiger partial charge on any atom is 0.256 e. The van der Waals surface area contributed by atoms with Crippen LogP contribution in [-0.2, 0) is 30.7 Å². The van der Waals surface area contributed by atoms with Crippen LogP contribution in [0.5, 0.6) is 0 Å². The van der Waals surface area contributed by atoms with E-state index >= 15 is 0 Å². The summed E-state index contributed by atoms with van der Waals surface area (Å²) in [5.74, 6) is -0.126. The van der Waals surface area contributed by atoms with Crippen LogP contribution < -0.4 is 10.9 Å². The largest absolute Gasteiger partial charge is 0.353 e. The number of amides is 1. The number of nitrogens with one attached hydrogen (secondary N) is 2. The van der Waals surface area contributed by atoms with Gasteiger partial charge in [0, 0.05) is 32.1 Å². The number of hydrogen-bond acceptors (Lipinski definition) is 5. The Kier molecular flexibility index (Phi) is 8.13. The number of aromatic amines is 1. The van der Waals surface area contributed by atoms with Crippen molar-refractivity contribution in [1.29, 1.82) is 0 Å². The zero-order valence-corrected chi connectivity index (χ0v) is 20.0. The Morgan fingerprint density at radius 1 is 1.18 bits per heavy atom. The molecule has 34 heavy (non-hydrogen) atoms. The van der Waals surface area contributed by atoms with Crippen LogP contribution in [0.4, 0.5) is 4.39 Å². The van der Waals surface area contributed by atoms with E-state index in [0.29, 0.717) is 30.2 Å². The van der Waals surface area contributed by atoms with Gasteiger partial charge >= 0.3 is 0 Å². The molecule has 0 fully saturated rings. The van der Waals surface area contributed by atoms with Gasteiger partial charge in [-0.05, 0) is 43.0 Å². The molecule has 0 unspecified atom stereocenters. The lowest BCUT2D eigenvalue weighted by Crippen LogP contribution is -2.36. The van der Waals surface area contributed by atoms with Crippen LogP contribution in [0.1, 0.15) is 35.7 Å². The number of nitrogens with zero attached hydrogens (tertiary/aromatic N) is 2. The fourth-order valence-electron chi connectivity index (χ4n) is 4.06. The number of aryl methyl sites for hydroxylation is 1. The van der Waals surface area contributed by atoms with Crippen LogP contribution in [0.3, 0.4) is 0 Å². The van der Waals surface area contributed by atoms with Gasteiger partial charge in [0.25, 0.3) is 5.56 Å². The molecule has 0 saturated heterocycles. The summed E-state index contributed by atoms with van der Waals surface area (Å²) >= 11 is 1.25. The molecule has 178 valence electrons. The first-order chi connectivity index (χ1) is 16.5. The second kappa shape index (κ2) is 11.4. The molecule has 0 saturated carbocycles. The van der Waals surface area contributed by atoms with E-state index in [1.807, 2.05) is 25.1 Å². The van der Waals surface area contributed by atoms with Gasteiger partial charge < -0.3 is 10.3 Å². The highest BCUT2D eigenvalue weighted by Gasteiger charge is 2.21. The zero-order valence-electron chi connectivity index (χ0n) is 19.2. The Morgan fingerprint density at radius 3 is 2.71 bits per heavy atom. The van der Waals surface area contributed by atoms with Crippen LogP contribution in [0, 0.1) is 5.82 Å². The minimum Gasteiger partial charge on any atom is -0.353 e. The van der Waals surface area contributed by atoms with Crippen molar-refractivity contribution >= 4 is 17.7 Å². The fourth-order valence-corrected chi connectivity index (χ4v) is 4.75. The van der Waals surface area contributed by atoms with Gasteiger partial charge in [0.2, 0.25) is 5.91 Å². The minimum absolute atomic E-state index is 0.0657. The Bertz CT molecular complexity index is 1170. The molecule has 0 bridgehead atoms. The van der Waals surface area contributed by atoms with Gasteiger partial charge in [-0.15, -0.1) is 0 Å². The van der Waals surface area contributed by atoms with Crippen molar-refractivity contribution in [2.45, 2.75) is 50.5 Å². The average Bonchev–Trinajstić information content (AvgIpc) is 2.84. The lowest BCUT2D eigenvalue weighted by Gasteiger charge is -2.27. The zero-order chi connectivity index (χ0) is 23.9. The van der Waals surface area contributed by atoms with Crippen molar-refractivity contribution in [3.05, 3.63) is 93.2 Å². The first-order valence-electron chi connectivity index (χ1n) is 11.5. The molecule has 4 rings (SSSR count). The van der Waals surface area contributed by atoms with E-state index in [2.05, 4.69) is 32.3 Å². The Balaban J connectivity index is 1.27. The molecule has 8 heteroatoms. The molecular weight excluding hydrogens is 451 g/mol. The first kappa shape index (κ1) is 24.2. The van der Waals surface area contributed by atoms with Gasteiger partial charge in [0.15, 0.2) is 5.16 Å². The van der Waals surface area contributed by atoms with Crippen molar-refractivity contribution in [2.24, 2.45) is 0 Å². The summed E-state index contributed by atoms with van der Waals surface area (Å²) in [7, 11) is 0. The summed E-state index contributed by atoms with van der Waals surface area (Å²) in [4.78, 5) is 34.6. The minimum atomic E-state index is -0.256. The summed E-state index contributed by atoms with van der Waals surface area (Å²) < 4.78 is 13.1. The molecule has 3 aromatic rings. The molecule has 2 aromatic carbocycles.